The molecule has 0 spiro atoms. The van der Waals surface area contributed by atoms with Crippen molar-refractivity contribution in [2.75, 3.05) is 13.1 Å². The molecule has 0 radical (unpaired) electrons. The Balaban J connectivity index is 1.57. The summed E-state index contributed by atoms with van der Waals surface area (Å²) in [7, 11) is 0. The molecule has 8 heteroatoms. The summed E-state index contributed by atoms with van der Waals surface area (Å²) in [4.78, 5) is 6.34. The minimum Gasteiger partial charge on any atom is -0.298 e. The normalized spacial score (nSPS) is 18.5. The van der Waals surface area contributed by atoms with Crippen molar-refractivity contribution in [1.29, 1.82) is 0 Å². The summed E-state index contributed by atoms with van der Waals surface area (Å²) in [5.74, 6) is -0.244. The molecule has 0 aliphatic carbocycles. The summed E-state index contributed by atoms with van der Waals surface area (Å²) < 4.78 is 54.1. The van der Waals surface area contributed by atoms with Crippen LogP contribution < -0.4 is 0 Å². The van der Waals surface area contributed by atoms with Gasteiger partial charge < -0.3 is 0 Å². The van der Waals surface area contributed by atoms with Gasteiger partial charge in [-0.2, -0.15) is 18.3 Å². The first kappa shape index (κ1) is 17.9. The molecule has 1 aliphatic heterocycles. The third-order valence-corrected chi connectivity index (χ3v) is 4.85. The SMILES string of the molecule is Cc1cc(C(F)(F)F)n2nc([C@@H]3CCN(Cc4cccc(F)c4)C3)cc2n1. The van der Waals surface area contributed by atoms with Gasteiger partial charge in [0.2, 0.25) is 0 Å². The van der Waals surface area contributed by atoms with E-state index in [1.807, 2.05) is 6.07 Å². The molecule has 0 unspecified atom stereocenters. The van der Waals surface area contributed by atoms with Gasteiger partial charge in [-0.15, -0.1) is 0 Å². The summed E-state index contributed by atoms with van der Waals surface area (Å²) in [6.07, 6.45) is -3.70. The van der Waals surface area contributed by atoms with Crippen LogP contribution in [-0.2, 0) is 12.7 Å². The van der Waals surface area contributed by atoms with Crippen molar-refractivity contribution in [3.8, 4) is 0 Å². The van der Waals surface area contributed by atoms with E-state index in [4.69, 9.17) is 0 Å². The average Bonchev–Trinajstić information content (AvgIpc) is 3.19. The summed E-state index contributed by atoms with van der Waals surface area (Å²) in [6.45, 7) is 3.60. The molecule has 142 valence electrons. The van der Waals surface area contributed by atoms with Crippen molar-refractivity contribution in [3.05, 3.63) is 64.9 Å². The summed E-state index contributed by atoms with van der Waals surface area (Å²) in [6, 6.07) is 9.09. The van der Waals surface area contributed by atoms with Gasteiger partial charge in [-0.3, -0.25) is 4.90 Å². The van der Waals surface area contributed by atoms with Gasteiger partial charge in [0.1, 0.15) is 11.5 Å². The van der Waals surface area contributed by atoms with Gasteiger partial charge in [0.05, 0.1) is 5.69 Å². The lowest BCUT2D eigenvalue weighted by atomic mass is 10.1. The Morgan fingerprint density at radius 1 is 1.19 bits per heavy atom. The van der Waals surface area contributed by atoms with Gasteiger partial charge >= 0.3 is 6.18 Å². The molecule has 4 rings (SSSR count). The van der Waals surface area contributed by atoms with E-state index in [9.17, 15) is 17.6 Å². The quantitative estimate of drug-likeness (QED) is 0.641. The highest BCUT2D eigenvalue weighted by Gasteiger charge is 2.35. The van der Waals surface area contributed by atoms with Crippen LogP contribution in [0.15, 0.2) is 36.4 Å². The molecule has 2 aromatic heterocycles. The Morgan fingerprint density at radius 3 is 2.74 bits per heavy atom. The van der Waals surface area contributed by atoms with E-state index in [2.05, 4.69) is 15.0 Å². The fourth-order valence-electron chi connectivity index (χ4n) is 3.63. The first-order chi connectivity index (χ1) is 12.8. The topological polar surface area (TPSA) is 33.4 Å². The van der Waals surface area contributed by atoms with E-state index in [0.717, 1.165) is 29.1 Å². The maximum atomic E-state index is 13.3. The molecule has 0 amide bonds. The highest BCUT2D eigenvalue weighted by molar-refractivity contribution is 5.43. The lowest BCUT2D eigenvalue weighted by Gasteiger charge is -2.15. The number of likely N-dealkylation sites (tertiary alicyclic amines) is 1. The maximum absolute atomic E-state index is 13.3. The Bertz CT molecular complexity index is 979. The highest BCUT2D eigenvalue weighted by Crippen LogP contribution is 2.32. The van der Waals surface area contributed by atoms with Gasteiger partial charge in [0.15, 0.2) is 5.65 Å². The zero-order valence-electron chi connectivity index (χ0n) is 14.7. The van der Waals surface area contributed by atoms with Crippen LogP contribution in [0.25, 0.3) is 5.65 Å². The predicted molar refractivity (Wildman–Crippen MR) is 91.8 cm³/mol. The number of halogens is 4. The third-order valence-electron chi connectivity index (χ3n) is 4.85. The van der Waals surface area contributed by atoms with Crippen LogP contribution in [-0.4, -0.2) is 32.6 Å². The molecule has 1 aliphatic rings. The zero-order valence-corrected chi connectivity index (χ0v) is 14.7. The van der Waals surface area contributed by atoms with Gasteiger partial charge in [0, 0.05) is 30.8 Å². The Labute approximate surface area is 153 Å². The molecular weight excluding hydrogens is 360 g/mol. The Kier molecular flexibility index (Phi) is 4.38. The first-order valence-corrected chi connectivity index (χ1v) is 8.71. The molecule has 3 heterocycles. The number of benzene rings is 1. The average molecular weight is 378 g/mol. The number of hydrogen-bond donors (Lipinski definition) is 0. The van der Waals surface area contributed by atoms with Crippen molar-refractivity contribution in [2.45, 2.75) is 32.0 Å². The molecule has 0 saturated carbocycles. The van der Waals surface area contributed by atoms with Crippen LogP contribution in [0.2, 0.25) is 0 Å². The van der Waals surface area contributed by atoms with E-state index in [-0.39, 0.29) is 17.4 Å². The van der Waals surface area contributed by atoms with Crippen molar-refractivity contribution >= 4 is 5.65 Å². The van der Waals surface area contributed by atoms with Crippen molar-refractivity contribution < 1.29 is 17.6 Å². The Morgan fingerprint density at radius 2 is 2.00 bits per heavy atom. The molecule has 1 aromatic carbocycles. The van der Waals surface area contributed by atoms with Gasteiger partial charge in [-0.1, -0.05) is 12.1 Å². The molecule has 27 heavy (non-hydrogen) atoms. The number of fused-ring (bicyclic) bond motifs is 1. The van der Waals surface area contributed by atoms with Crippen LogP contribution in [0, 0.1) is 12.7 Å². The number of aryl methyl sites for hydroxylation is 1. The number of rotatable bonds is 3. The second kappa shape index (κ2) is 6.60. The van der Waals surface area contributed by atoms with E-state index in [0.29, 0.717) is 24.5 Å². The predicted octanol–water partition coefficient (Wildman–Crippen LogP) is 4.19. The van der Waals surface area contributed by atoms with Crippen molar-refractivity contribution in [2.24, 2.45) is 0 Å². The molecule has 1 fully saturated rings. The summed E-state index contributed by atoms with van der Waals surface area (Å²) in [5.41, 5.74) is 1.19. The lowest BCUT2D eigenvalue weighted by Crippen LogP contribution is -2.20. The third kappa shape index (κ3) is 3.66. The molecule has 3 aromatic rings. The molecule has 0 N–H and O–H groups in total. The molecule has 4 nitrogen and oxygen atoms in total. The van der Waals surface area contributed by atoms with E-state index in [1.54, 1.807) is 12.1 Å². The zero-order chi connectivity index (χ0) is 19.2. The van der Waals surface area contributed by atoms with Gasteiger partial charge in [-0.05, 0) is 43.7 Å². The number of nitrogens with zero attached hydrogens (tertiary/aromatic N) is 4. The molecule has 1 atom stereocenters. The number of hydrogen-bond acceptors (Lipinski definition) is 3. The maximum Gasteiger partial charge on any atom is 0.433 e. The van der Waals surface area contributed by atoms with E-state index in [1.165, 1.54) is 19.1 Å². The van der Waals surface area contributed by atoms with Crippen LogP contribution in [0.3, 0.4) is 0 Å². The minimum atomic E-state index is -4.49. The lowest BCUT2D eigenvalue weighted by molar-refractivity contribution is -0.142. The van der Waals surface area contributed by atoms with Gasteiger partial charge in [-0.25, -0.2) is 13.9 Å². The second-order valence-corrected chi connectivity index (χ2v) is 6.97. The molecular formula is C19H18F4N4. The molecule has 0 bridgehead atoms. The number of aromatic nitrogens is 3. The van der Waals surface area contributed by atoms with E-state index < -0.39 is 11.9 Å². The van der Waals surface area contributed by atoms with Gasteiger partial charge in [0.25, 0.3) is 0 Å². The number of alkyl halides is 3. The summed E-state index contributed by atoms with van der Waals surface area (Å²) >= 11 is 0. The van der Waals surface area contributed by atoms with Crippen molar-refractivity contribution in [1.82, 2.24) is 19.5 Å². The first-order valence-electron chi connectivity index (χ1n) is 8.71. The monoisotopic (exact) mass is 378 g/mol. The highest BCUT2D eigenvalue weighted by atomic mass is 19.4. The summed E-state index contributed by atoms with van der Waals surface area (Å²) in [5, 5.41) is 4.21. The largest absolute Gasteiger partial charge is 0.433 e. The van der Waals surface area contributed by atoms with E-state index >= 15 is 0 Å². The standard InChI is InChI=1S/C19H18F4N4/c1-12-7-17(19(21,22)23)27-18(24-12)9-16(25-27)14-5-6-26(11-14)10-13-3-2-4-15(20)8-13/h2-4,7-9,14H,5-6,10-11H2,1H3/t14-/m1/s1. The van der Waals surface area contributed by atoms with Crippen LogP contribution in [0.4, 0.5) is 17.6 Å². The van der Waals surface area contributed by atoms with Crippen LogP contribution in [0.5, 0.6) is 0 Å². The molecule has 1 saturated heterocycles. The fraction of sp³-hybridized carbons (Fsp3) is 0.368. The second-order valence-electron chi connectivity index (χ2n) is 6.97. The van der Waals surface area contributed by atoms with Crippen LogP contribution in [0.1, 0.15) is 35.0 Å². The minimum absolute atomic E-state index is 0.0293. The smallest absolute Gasteiger partial charge is 0.298 e. The van der Waals surface area contributed by atoms with Crippen LogP contribution >= 0.6 is 0 Å². The van der Waals surface area contributed by atoms with Crippen molar-refractivity contribution in [3.63, 3.8) is 0 Å². The Hall–Kier alpha value is -2.48. The fourth-order valence-corrected chi connectivity index (χ4v) is 3.63.